The average Bonchev–Trinajstić information content (AvgIpc) is 2.94. The largest absolute Gasteiger partial charge is 0.353 e. The van der Waals surface area contributed by atoms with Gasteiger partial charge in [-0.15, -0.1) is 0 Å². The van der Waals surface area contributed by atoms with Crippen LogP contribution in [0.2, 0.25) is 0 Å². The molecule has 0 spiro atoms. The predicted molar refractivity (Wildman–Crippen MR) is 71.8 cm³/mol. The van der Waals surface area contributed by atoms with Crippen molar-refractivity contribution >= 4 is 15.8 Å². The van der Waals surface area contributed by atoms with E-state index in [1.807, 2.05) is 0 Å². The molecule has 18 heavy (non-hydrogen) atoms. The first-order chi connectivity index (χ1) is 8.59. The smallest absolute Gasteiger partial charge is 0.205 e. The fraction of sp³-hybridized carbons (Fsp3) is 0.909. The van der Waals surface area contributed by atoms with Crippen LogP contribution in [-0.4, -0.2) is 38.5 Å². The summed E-state index contributed by atoms with van der Waals surface area (Å²) in [7, 11) is -2.81. The van der Waals surface area contributed by atoms with Crippen LogP contribution in [0.4, 0.5) is 0 Å². The van der Waals surface area contributed by atoms with Crippen LogP contribution in [0.15, 0.2) is 4.99 Å². The summed E-state index contributed by atoms with van der Waals surface area (Å²) in [6.45, 7) is 0.526. The van der Waals surface area contributed by atoms with Gasteiger partial charge in [0, 0.05) is 12.6 Å². The molecular formula is C11H22N4O2S. The van der Waals surface area contributed by atoms with Crippen molar-refractivity contribution in [2.75, 3.05) is 18.1 Å². The highest BCUT2D eigenvalue weighted by Gasteiger charge is 2.27. The molecule has 0 aromatic heterocycles. The first-order valence-electron chi connectivity index (χ1n) is 6.57. The van der Waals surface area contributed by atoms with Crippen molar-refractivity contribution < 1.29 is 8.42 Å². The van der Waals surface area contributed by atoms with Gasteiger partial charge in [-0.1, -0.05) is 12.8 Å². The zero-order valence-corrected chi connectivity index (χ0v) is 11.4. The number of hydrogen-bond acceptors (Lipinski definition) is 4. The third-order valence-electron chi connectivity index (χ3n) is 3.67. The minimum atomic E-state index is -2.81. The predicted octanol–water partition coefficient (Wildman–Crippen LogP) is -0.227. The number of nitrogens with two attached hydrogens (primary N) is 1. The third kappa shape index (κ3) is 3.84. The highest BCUT2D eigenvalue weighted by atomic mass is 32.2. The quantitative estimate of drug-likeness (QED) is 0.286. The number of guanidine groups is 1. The van der Waals surface area contributed by atoms with Crippen molar-refractivity contribution in [1.29, 1.82) is 0 Å². The molecule has 0 radical (unpaired) electrons. The summed E-state index contributed by atoms with van der Waals surface area (Å²) in [6.07, 6.45) is 5.51. The molecule has 1 atom stereocenters. The topological polar surface area (TPSA) is 96.6 Å². The van der Waals surface area contributed by atoms with Gasteiger partial charge in [0.25, 0.3) is 0 Å². The van der Waals surface area contributed by atoms with Gasteiger partial charge in [-0.3, -0.25) is 10.4 Å². The minimum absolute atomic E-state index is 0.142. The third-order valence-corrected chi connectivity index (χ3v) is 5.50. The van der Waals surface area contributed by atoms with Gasteiger partial charge in [0.05, 0.1) is 11.5 Å². The van der Waals surface area contributed by atoms with Crippen LogP contribution in [0, 0.1) is 5.92 Å². The number of hydrazine groups is 1. The van der Waals surface area contributed by atoms with Crippen molar-refractivity contribution in [3.05, 3.63) is 0 Å². The Morgan fingerprint density at radius 3 is 2.56 bits per heavy atom. The van der Waals surface area contributed by atoms with Gasteiger partial charge in [-0.2, -0.15) is 0 Å². The summed E-state index contributed by atoms with van der Waals surface area (Å²) in [5, 5.41) is 3.27. The van der Waals surface area contributed by atoms with E-state index in [2.05, 4.69) is 15.7 Å². The molecule has 0 aromatic rings. The van der Waals surface area contributed by atoms with E-state index in [-0.39, 0.29) is 11.7 Å². The fourth-order valence-corrected chi connectivity index (χ4v) is 4.48. The van der Waals surface area contributed by atoms with E-state index in [4.69, 9.17) is 5.84 Å². The number of sulfone groups is 1. The van der Waals surface area contributed by atoms with Crippen molar-refractivity contribution in [3.8, 4) is 0 Å². The van der Waals surface area contributed by atoms with Gasteiger partial charge in [0.2, 0.25) is 5.96 Å². The summed E-state index contributed by atoms with van der Waals surface area (Å²) in [5.41, 5.74) is 2.56. The zero-order valence-electron chi connectivity index (χ0n) is 10.6. The molecule has 1 saturated heterocycles. The summed E-state index contributed by atoms with van der Waals surface area (Å²) in [4.78, 5) is 4.36. The maximum atomic E-state index is 11.3. The summed E-state index contributed by atoms with van der Waals surface area (Å²) in [5.74, 6) is 6.72. The van der Waals surface area contributed by atoms with Crippen LogP contribution < -0.4 is 16.6 Å². The molecule has 1 saturated carbocycles. The Balaban J connectivity index is 1.82. The van der Waals surface area contributed by atoms with Gasteiger partial charge in [0.1, 0.15) is 0 Å². The van der Waals surface area contributed by atoms with Crippen molar-refractivity contribution in [2.24, 2.45) is 16.8 Å². The lowest BCUT2D eigenvalue weighted by atomic mass is 10.1. The normalized spacial score (nSPS) is 28.5. The van der Waals surface area contributed by atoms with E-state index in [1.54, 1.807) is 0 Å². The lowest BCUT2D eigenvalue weighted by molar-refractivity contribution is 0.582. The first kappa shape index (κ1) is 13.6. The number of nitrogens with zero attached hydrogens (tertiary/aromatic N) is 1. The molecule has 1 unspecified atom stereocenters. The summed E-state index contributed by atoms with van der Waals surface area (Å²) >= 11 is 0. The molecule has 1 aliphatic carbocycles. The van der Waals surface area contributed by atoms with E-state index in [9.17, 15) is 8.42 Å². The molecule has 1 aliphatic heterocycles. The molecule has 4 N–H and O–H groups in total. The Hall–Kier alpha value is -0.820. The standard InChI is InChI=1S/C11H22N4O2S/c12-15-11(14-10-3-1-2-4-10)13-7-9-5-6-18(16,17)8-9/h9-10H,1-8,12H2,(H2,13,14,15). The summed E-state index contributed by atoms with van der Waals surface area (Å²) in [6, 6.07) is 0.451. The summed E-state index contributed by atoms with van der Waals surface area (Å²) < 4.78 is 22.7. The van der Waals surface area contributed by atoms with Crippen LogP contribution in [-0.2, 0) is 9.84 Å². The van der Waals surface area contributed by atoms with Crippen LogP contribution in [0.5, 0.6) is 0 Å². The Morgan fingerprint density at radius 1 is 1.28 bits per heavy atom. The fourth-order valence-electron chi connectivity index (χ4n) is 2.63. The van der Waals surface area contributed by atoms with E-state index in [0.717, 1.165) is 12.8 Å². The Kier molecular flexibility index (Phi) is 4.45. The second kappa shape index (κ2) is 5.88. The van der Waals surface area contributed by atoms with Gasteiger partial charge >= 0.3 is 0 Å². The highest BCUT2D eigenvalue weighted by Crippen LogP contribution is 2.19. The average molecular weight is 274 g/mol. The lowest BCUT2D eigenvalue weighted by Gasteiger charge is -2.15. The van der Waals surface area contributed by atoms with Crippen molar-refractivity contribution in [2.45, 2.75) is 38.1 Å². The van der Waals surface area contributed by atoms with Crippen LogP contribution in [0.1, 0.15) is 32.1 Å². The minimum Gasteiger partial charge on any atom is -0.353 e. The van der Waals surface area contributed by atoms with E-state index in [0.29, 0.717) is 30.7 Å². The number of rotatable bonds is 3. The van der Waals surface area contributed by atoms with E-state index >= 15 is 0 Å². The lowest BCUT2D eigenvalue weighted by Crippen LogP contribution is -2.45. The highest BCUT2D eigenvalue weighted by molar-refractivity contribution is 7.91. The van der Waals surface area contributed by atoms with Gasteiger partial charge < -0.3 is 5.32 Å². The molecule has 0 bridgehead atoms. The van der Waals surface area contributed by atoms with Crippen molar-refractivity contribution in [1.82, 2.24) is 10.7 Å². The van der Waals surface area contributed by atoms with Gasteiger partial charge in [0.15, 0.2) is 9.84 Å². The van der Waals surface area contributed by atoms with Crippen LogP contribution in [0.3, 0.4) is 0 Å². The Labute approximate surface area is 108 Å². The monoisotopic (exact) mass is 274 g/mol. The van der Waals surface area contributed by atoms with Crippen LogP contribution >= 0.6 is 0 Å². The number of aliphatic imine (C=N–C) groups is 1. The molecule has 7 heteroatoms. The molecule has 0 amide bonds. The molecule has 6 nitrogen and oxygen atoms in total. The Bertz CT molecular complexity index is 401. The van der Waals surface area contributed by atoms with Crippen LogP contribution in [0.25, 0.3) is 0 Å². The second-order valence-corrected chi connectivity index (χ2v) is 7.46. The Morgan fingerprint density at radius 2 is 2.00 bits per heavy atom. The van der Waals surface area contributed by atoms with E-state index in [1.165, 1.54) is 12.8 Å². The first-order valence-corrected chi connectivity index (χ1v) is 8.39. The van der Waals surface area contributed by atoms with E-state index < -0.39 is 9.84 Å². The second-order valence-electron chi connectivity index (χ2n) is 5.23. The van der Waals surface area contributed by atoms with Gasteiger partial charge in [-0.25, -0.2) is 14.3 Å². The molecule has 0 aromatic carbocycles. The molecule has 2 aliphatic rings. The maximum absolute atomic E-state index is 11.3. The molecule has 2 fully saturated rings. The zero-order chi connectivity index (χ0) is 13.0. The molecule has 104 valence electrons. The number of hydrogen-bond donors (Lipinski definition) is 3. The number of nitrogens with one attached hydrogen (secondary N) is 2. The maximum Gasteiger partial charge on any atom is 0.205 e. The molecule has 2 rings (SSSR count). The van der Waals surface area contributed by atoms with Gasteiger partial charge in [-0.05, 0) is 25.2 Å². The van der Waals surface area contributed by atoms with Crippen molar-refractivity contribution in [3.63, 3.8) is 0 Å². The molecular weight excluding hydrogens is 252 g/mol. The SMILES string of the molecule is NNC(=NCC1CCS(=O)(=O)C1)NC1CCCC1. The molecule has 1 heterocycles.